The number of nitrogens with zero attached hydrogens (tertiary/aromatic N) is 2. The molecule has 0 saturated carbocycles. The van der Waals surface area contributed by atoms with Gasteiger partial charge in [-0.05, 0) is 35.9 Å². The summed E-state index contributed by atoms with van der Waals surface area (Å²) in [6.45, 7) is 0. The summed E-state index contributed by atoms with van der Waals surface area (Å²) in [4.78, 5) is 0. The molecule has 4 N–H and O–H groups in total. The lowest BCUT2D eigenvalue weighted by atomic mass is 9.83. The summed E-state index contributed by atoms with van der Waals surface area (Å²) < 4.78 is 16.3. The maximum atomic E-state index is 9.96. The number of aromatic amines is 1. The highest BCUT2D eigenvalue weighted by Gasteiger charge is 2.35. The average molecular weight is 390 g/mol. The number of phenolic OH excluding ortho intramolecular Hbond substituents is 1. The third-order valence-electron chi connectivity index (χ3n) is 4.81. The van der Waals surface area contributed by atoms with Crippen molar-refractivity contribution in [3.8, 4) is 40.5 Å². The summed E-state index contributed by atoms with van der Waals surface area (Å²) in [6.07, 6.45) is 0. The molecule has 0 saturated heterocycles. The molecule has 1 aromatic heterocycles. The van der Waals surface area contributed by atoms with Crippen LogP contribution in [0, 0.1) is 11.3 Å². The van der Waals surface area contributed by atoms with Crippen molar-refractivity contribution in [1.82, 2.24) is 10.2 Å². The molecule has 0 bridgehead atoms. The second-order valence-electron chi connectivity index (χ2n) is 6.41. The first-order chi connectivity index (χ1) is 14.1. The van der Waals surface area contributed by atoms with Gasteiger partial charge in [0.25, 0.3) is 0 Å². The number of benzene rings is 2. The molecule has 3 aromatic rings. The van der Waals surface area contributed by atoms with Gasteiger partial charge in [0.15, 0.2) is 11.5 Å². The Morgan fingerprint density at radius 1 is 1.17 bits per heavy atom. The number of hydrogen-bond donors (Lipinski definition) is 3. The molecule has 29 heavy (non-hydrogen) atoms. The summed E-state index contributed by atoms with van der Waals surface area (Å²) in [6, 6.07) is 14.3. The molecule has 0 radical (unpaired) electrons. The molecule has 0 fully saturated rings. The molecule has 4 rings (SSSR count). The van der Waals surface area contributed by atoms with E-state index < -0.39 is 5.92 Å². The van der Waals surface area contributed by atoms with E-state index in [1.807, 2.05) is 12.1 Å². The van der Waals surface area contributed by atoms with Gasteiger partial charge in [0.1, 0.15) is 17.4 Å². The minimum Gasteiger partial charge on any atom is -0.508 e. The van der Waals surface area contributed by atoms with E-state index in [2.05, 4.69) is 16.3 Å². The fourth-order valence-electron chi connectivity index (χ4n) is 3.49. The number of ether oxygens (including phenoxy) is 3. The largest absolute Gasteiger partial charge is 0.508 e. The molecule has 0 aliphatic carbocycles. The van der Waals surface area contributed by atoms with Gasteiger partial charge in [0, 0.05) is 5.56 Å². The lowest BCUT2D eigenvalue weighted by Gasteiger charge is -2.24. The van der Waals surface area contributed by atoms with E-state index in [1.54, 1.807) is 44.6 Å². The Labute approximate surface area is 166 Å². The number of allylic oxidation sites excluding steroid dienone is 1. The van der Waals surface area contributed by atoms with Crippen LogP contribution in [-0.4, -0.2) is 29.5 Å². The van der Waals surface area contributed by atoms with Crippen LogP contribution in [0.3, 0.4) is 0 Å². The smallest absolute Gasteiger partial charge is 0.244 e. The Balaban J connectivity index is 1.93. The monoisotopic (exact) mass is 390 g/mol. The molecule has 8 heteroatoms. The van der Waals surface area contributed by atoms with Crippen LogP contribution < -0.4 is 19.9 Å². The number of nitrogens with two attached hydrogens (primary N) is 1. The molecule has 1 atom stereocenters. The van der Waals surface area contributed by atoms with Crippen molar-refractivity contribution in [2.45, 2.75) is 5.92 Å². The van der Waals surface area contributed by atoms with E-state index in [-0.39, 0.29) is 23.1 Å². The molecular formula is C21H18N4O4. The van der Waals surface area contributed by atoms with Gasteiger partial charge in [-0.1, -0.05) is 12.1 Å². The zero-order valence-electron chi connectivity index (χ0n) is 15.8. The zero-order valence-corrected chi connectivity index (χ0v) is 15.8. The number of aromatic nitrogens is 2. The predicted octanol–water partition coefficient (Wildman–Crippen LogP) is 3.02. The average Bonchev–Trinajstić information content (AvgIpc) is 3.15. The zero-order chi connectivity index (χ0) is 20.5. The van der Waals surface area contributed by atoms with Gasteiger partial charge in [0.2, 0.25) is 11.8 Å². The Bertz CT molecular complexity index is 1160. The Hall–Kier alpha value is -4.12. The number of rotatable bonds is 4. The molecule has 0 unspecified atom stereocenters. The summed E-state index contributed by atoms with van der Waals surface area (Å²) in [5.41, 5.74) is 8.98. The normalized spacial score (nSPS) is 15.3. The minimum absolute atomic E-state index is 0.0151. The maximum absolute atomic E-state index is 9.96. The third kappa shape index (κ3) is 2.99. The van der Waals surface area contributed by atoms with E-state index in [9.17, 15) is 10.4 Å². The highest BCUT2D eigenvalue weighted by atomic mass is 16.5. The molecule has 1 aliphatic heterocycles. The molecule has 2 heterocycles. The van der Waals surface area contributed by atoms with Crippen molar-refractivity contribution in [3.05, 3.63) is 65.0 Å². The van der Waals surface area contributed by atoms with E-state index in [0.717, 1.165) is 5.56 Å². The van der Waals surface area contributed by atoms with Crippen LogP contribution in [0.1, 0.15) is 17.0 Å². The SMILES string of the molecule is COc1ccc(-c2[nH]nc3c2[C@@H](c2cccc(O)c2)C(C#N)=C(N)O3)cc1OC. The van der Waals surface area contributed by atoms with E-state index in [1.165, 1.54) is 0 Å². The van der Waals surface area contributed by atoms with E-state index in [0.29, 0.717) is 28.3 Å². The first kappa shape index (κ1) is 18.3. The number of aromatic hydroxyl groups is 1. The number of fused-ring (bicyclic) bond motifs is 1. The molecule has 8 nitrogen and oxygen atoms in total. The fourth-order valence-corrected chi connectivity index (χ4v) is 3.49. The van der Waals surface area contributed by atoms with E-state index >= 15 is 0 Å². The summed E-state index contributed by atoms with van der Waals surface area (Å²) >= 11 is 0. The molecule has 0 spiro atoms. The van der Waals surface area contributed by atoms with Crippen molar-refractivity contribution >= 4 is 0 Å². The van der Waals surface area contributed by atoms with Gasteiger partial charge < -0.3 is 25.1 Å². The van der Waals surface area contributed by atoms with Gasteiger partial charge in [-0.15, -0.1) is 5.10 Å². The van der Waals surface area contributed by atoms with Gasteiger partial charge in [-0.25, -0.2) is 0 Å². The van der Waals surface area contributed by atoms with Gasteiger partial charge >= 0.3 is 0 Å². The number of hydrogen-bond acceptors (Lipinski definition) is 7. The van der Waals surface area contributed by atoms with Crippen LogP contribution in [0.5, 0.6) is 23.1 Å². The van der Waals surface area contributed by atoms with E-state index in [4.69, 9.17) is 19.9 Å². The second-order valence-corrected chi connectivity index (χ2v) is 6.41. The Morgan fingerprint density at radius 3 is 2.66 bits per heavy atom. The number of nitrogens with one attached hydrogen (secondary N) is 1. The number of phenols is 1. The van der Waals surface area contributed by atoms with Crippen LogP contribution >= 0.6 is 0 Å². The lowest BCUT2D eigenvalue weighted by molar-refractivity contribution is 0.355. The summed E-state index contributed by atoms with van der Waals surface area (Å²) in [5.74, 6) is 0.931. The minimum atomic E-state index is -0.558. The standard InChI is InChI=1S/C21H18N4O4/c1-27-15-7-6-12(9-16(15)28-2)19-18-17(11-4-3-5-13(26)8-11)14(10-22)20(23)29-21(18)25-24-19/h3-9,17,26H,23H2,1-2H3,(H,24,25)/t17-/m0/s1. The maximum Gasteiger partial charge on any atom is 0.244 e. The predicted molar refractivity (Wildman–Crippen MR) is 105 cm³/mol. The van der Waals surface area contributed by atoms with Crippen LogP contribution in [0.25, 0.3) is 11.3 Å². The Kier molecular flexibility index (Phi) is 4.49. The highest BCUT2D eigenvalue weighted by molar-refractivity contribution is 5.73. The van der Waals surface area contributed by atoms with Gasteiger partial charge in [-0.3, -0.25) is 5.10 Å². The highest BCUT2D eigenvalue weighted by Crippen LogP contribution is 2.46. The molecule has 2 aromatic carbocycles. The first-order valence-electron chi connectivity index (χ1n) is 8.74. The quantitative estimate of drug-likeness (QED) is 0.625. The van der Waals surface area contributed by atoms with Crippen LogP contribution in [0.4, 0.5) is 0 Å². The first-order valence-corrected chi connectivity index (χ1v) is 8.74. The van der Waals surface area contributed by atoms with Gasteiger partial charge in [-0.2, -0.15) is 5.26 Å². The number of methoxy groups -OCH3 is 2. The van der Waals surface area contributed by atoms with Crippen molar-refractivity contribution in [1.29, 1.82) is 5.26 Å². The molecule has 1 aliphatic rings. The molecule has 0 amide bonds. The van der Waals surface area contributed by atoms with Crippen LogP contribution in [0.15, 0.2) is 53.9 Å². The Morgan fingerprint density at radius 2 is 1.97 bits per heavy atom. The summed E-state index contributed by atoms with van der Waals surface area (Å²) in [7, 11) is 3.12. The molecule has 146 valence electrons. The van der Waals surface area contributed by atoms with Gasteiger partial charge in [0.05, 0.1) is 31.4 Å². The van der Waals surface area contributed by atoms with Crippen molar-refractivity contribution in [2.75, 3.05) is 14.2 Å². The lowest BCUT2D eigenvalue weighted by Crippen LogP contribution is -2.20. The number of nitriles is 1. The van der Waals surface area contributed by atoms with Crippen molar-refractivity contribution in [3.63, 3.8) is 0 Å². The second kappa shape index (κ2) is 7.13. The van der Waals surface area contributed by atoms with Crippen molar-refractivity contribution in [2.24, 2.45) is 5.73 Å². The van der Waals surface area contributed by atoms with Crippen LogP contribution in [0.2, 0.25) is 0 Å². The summed E-state index contributed by atoms with van der Waals surface area (Å²) in [5, 5.41) is 26.9. The van der Waals surface area contributed by atoms with Crippen molar-refractivity contribution < 1.29 is 19.3 Å². The fraction of sp³-hybridized carbons (Fsp3) is 0.143. The topological polar surface area (TPSA) is 126 Å². The number of H-pyrrole nitrogens is 1. The third-order valence-corrected chi connectivity index (χ3v) is 4.81. The molecular weight excluding hydrogens is 372 g/mol. The van der Waals surface area contributed by atoms with Crippen LogP contribution in [-0.2, 0) is 0 Å².